The van der Waals surface area contributed by atoms with E-state index in [4.69, 9.17) is 0 Å². The summed E-state index contributed by atoms with van der Waals surface area (Å²) in [6, 6.07) is 0. The third-order valence-electron chi connectivity index (χ3n) is 2.68. The molecule has 10 nitrogen and oxygen atoms in total. The van der Waals surface area contributed by atoms with Crippen LogP contribution in [0, 0.1) is 17.8 Å². The monoisotopic (exact) mass is 446 g/mol. The molecule has 0 saturated carbocycles. The molecular formula is C21H34O10. The molecule has 178 valence electrons. The lowest BCUT2D eigenvalue weighted by Gasteiger charge is -2.03. The van der Waals surface area contributed by atoms with Crippen LogP contribution in [0.15, 0.2) is 0 Å². The highest BCUT2D eigenvalue weighted by Gasteiger charge is 2.15. The van der Waals surface area contributed by atoms with Crippen LogP contribution in [0.2, 0.25) is 0 Å². The summed E-state index contributed by atoms with van der Waals surface area (Å²) in [5.74, 6) is -3.88. The summed E-state index contributed by atoms with van der Waals surface area (Å²) in [6.07, 6.45) is -0.335. The van der Waals surface area contributed by atoms with Gasteiger partial charge in [-0.25, -0.2) is 0 Å². The van der Waals surface area contributed by atoms with Crippen LogP contribution in [0.5, 0.6) is 0 Å². The van der Waals surface area contributed by atoms with Gasteiger partial charge in [0.15, 0.2) is 5.78 Å². The molecule has 0 aromatic carbocycles. The number of Topliss-reactive ketones (excluding diaryl/α,β-unsaturated/α-hetero) is 2. The minimum absolute atomic E-state index is 0.100. The van der Waals surface area contributed by atoms with E-state index >= 15 is 0 Å². The zero-order chi connectivity index (χ0) is 25.3. The lowest BCUT2D eigenvalue weighted by atomic mass is 10.2. The van der Waals surface area contributed by atoms with Crippen molar-refractivity contribution < 1.29 is 47.8 Å². The molecule has 0 radical (unpaired) electrons. The molecule has 31 heavy (non-hydrogen) atoms. The highest BCUT2D eigenvalue weighted by molar-refractivity contribution is 5.98. The van der Waals surface area contributed by atoms with Gasteiger partial charge in [-0.1, -0.05) is 41.5 Å². The van der Waals surface area contributed by atoms with E-state index in [1.54, 1.807) is 41.5 Å². The van der Waals surface area contributed by atoms with Crippen LogP contribution in [0.3, 0.4) is 0 Å². The van der Waals surface area contributed by atoms with E-state index in [-0.39, 0.29) is 48.3 Å². The Labute approximate surface area is 183 Å². The predicted octanol–water partition coefficient (Wildman–Crippen LogP) is 2.20. The van der Waals surface area contributed by atoms with E-state index in [0.29, 0.717) is 0 Å². The van der Waals surface area contributed by atoms with E-state index in [1.165, 1.54) is 20.8 Å². The Balaban J connectivity index is -0.000000384. The third-order valence-corrected chi connectivity index (χ3v) is 2.68. The maximum absolute atomic E-state index is 10.8. The Bertz CT molecular complexity index is 645. The molecule has 0 rings (SSSR count). The summed E-state index contributed by atoms with van der Waals surface area (Å²) in [5, 5.41) is 0. The van der Waals surface area contributed by atoms with Crippen LogP contribution in [0.1, 0.15) is 68.7 Å². The number of ketones is 2. The van der Waals surface area contributed by atoms with Crippen molar-refractivity contribution >= 4 is 41.4 Å². The summed E-state index contributed by atoms with van der Waals surface area (Å²) in [4.78, 5) is 73.5. The fourth-order valence-corrected chi connectivity index (χ4v) is 1.07. The molecule has 0 aromatic rings. The fraction of sp³-hybridized carbons (Fsp3) is 0.667. The molecule has 0 aliphatic carbocycles. The molecule has 0 bridgehead atoms. The Hall–Kier alpha value is -2.91. The number of rotatable bonds is 7. The number of carbonyl (C=O) groups is 7. The highest BCUT2D eigenvalue weighted by Crippen LogP contribution is 1.98. The van der Waals surface area contributed by atoms with Crippen molar-refractivity contribution in [3.8, 4) is 0 Å². The van der Waals surface area contributed by atoms with Gasteiger partial charge >= 0.3 is 29.8 Å². The topological polar surface area (TPSA) is 147 Å². The molecule has 0 amide bonds. The van der Waals surface area contributed by atoms with Crippen LogP contribution in [-0.2, 0) is 47.8 Å². The SMILES string of the molecule is CC(=O)CC(=O)OC(=O)C(C)C.CC(=O)COC(=O)C(C)C.CC(=O)OC(=O)C(C)C. The van der Waals surface area contributed by atoms with E-state index in [0.717, 1.165) is 0 Å². The van der Waals surface area contributed by atoms with Crippen LogP contribution in [-0.4, -0.2) is 48.0 Å². The Morgan fingerprint density at radius 2 is 0.968 bits per heavy atom. The molecule has 0 fully saturated rings. The Morgan fingerprint density at radius 3 is 1.23 bits per heavy atom. The van der Waals surface area contributed by atoms with Crippen LogP contribution < -0.4 is 0 Å². The average Bonchev–Trinajstić information content (AvgIpc) is 2.58. The standard InChI is InChI=1S/C8H12O4.C7H12O3.C6H10O3/c1-5(2)8(11)12-7(10)4-6(3)9;1-5(2)7(9)10-4-6(3)8;1-4(2)6(8)9-5(3)7/h5H,4H2,1-3H3;5H,4H2,1-3H3;4H,1-3H3. The number of esters is 5. The maximum Gasteiger partial charge on any atom is 0.320 e. The van der Waals surface area contributed by atoms with E-state index < -0.39 is 23.9 Å². The summed E-state index contributed by atoms with van der Waals surface area (Å²) >= 11 is 0. The van der Waals surface area contributed by atoms with E-state index in [9.17, 15) is 33.6 Å². The first-order chi connectivity index (χ1) is 14.0. The van der Waals surface area contributed by atoms with E-state index in [2.05, 4.69) is 14.2 Å². The van der Waals surface area contributed by atoms with Crippen molar-refractivity contribution in [3.05, 3.63) is 0 Å². The first-order valence-electron chi connectivity index (χ1n) is 9.63. The van der Waals surface area contributed by atoms with Gasteiger partial charge in [0.05, 0.1) is 17.8 Å². The lowest BCUT2D eigenvalue weighted by Crippen LogP contribution is -2.18. The smallest absolute Gasteiger partial charge is 0.320 e. The normalized spacial score (nSPS) is 9.55. The number of hydrogen-bond acceptors (Lipinski definition) is 10. The van der Waals surface area contributed by atoms with Gasteiger partial charge in [-0.05, 0) is 13.8 Å². The number of carbonyl (C=O) groups excluding carboxylic acids is 7. The second-order valence-electron chi connectivity index (χ2n) is 7.36. The Morgan fingerprint density at radius 1 is 0.581 bits per heavy atom. The minimum Gasteiger partial charge on any atom is -0.457 e. The summed E-state index contributed by atoms with van der Waals surface area (Å²) in [5.41, 5.74) is 0. The molecule has 0 aromatic heterocycles. The zero-order valence-corrected chi connectivity index (χ0v) is 19.7. The molecular weight excluding hydrogens is 412 g/mol. The number of ether oxygens (including phenoxy) is 3. The van der Waals surface area contributed by atoms with Crippen molar-refractivity contribution in [2.75, 3.05) is 6.61 Å². The van der Waals surface area contributed by atoms with Crippen LogP contribution >= 0.6 is 0 Å². The van der Waals surface area contributed by atoms with Gasteiger partial charge in [-0.15, -0.1) is 0 Å². The second kappa shape index (κ2) is 17.9. The van der Waals surface area contributed by atoms with E-state index in [1.807, 2.05) is 0 Å². The van der Waals surface area contributed by atoms with Crippen molar-refractivity contribution in [1.29, 1.82) is 0 Å². The molecule has 10 heteroatoms. The molecule has 0 heterocycles. The average molecular weight is 446 g/mol. The molecule has 0 aliphatic heterocycles. The maximum atomic E-state index is 10.8. The number of hydrogen-bond donors (Lipinski definition) is 0. The van der Waals surface area contributed by atoms with Gasteiger partial charge < -0.3 is 14.2 Å². The Kier molecular flexibility index (Phi) is 18.9. The summed E-state index contributed by atoms with van der Waals surface area (Å²) in [6.45, 7) is 13.8. The van der Waals surface area contributed by atoms with Gasteiger partial charge in [0.1, 0.15) is 18.8 Å². The molecule has 0 saturated heterocycles. The first-order valence-corrected chi connectivity index (χ1v) is 9.63. The van der Waals surface area contributed by atoms with Gasteiger partial charge in [-0.2, -0.15) is 0 Å². The lowest BCUT2D eigenvalue weighted by molar-refractivity contribution is -0.163. The van der Waals surface area contributed by atoms with Crippen molar-refractivity contribution in [2.24, 2.45) is 17.8 Å². The first kappa shape index (κ1) is 32.7. The molecule has 0 unspecified atom stereocenters. The van der Waals surface area contributed by atoms with Gasteiger partial charge in [0, 0.05) is 6.92 Å². The van der Waals surface area contributed by atoms with Crippen LogP contribution in [0.4, 0.5) is 0 Å². The predicted molar refractivity (Wildman–Crippen MR) is 109 cm³/mol. The minimum atomic E-state index is -0.777. The fourth-order valence-electron chi connectivity index (χ4n) is 1.07. The van der Waals surface area contributed by atoms with Crippen LogP contribution in [0.25, 0.3) is 0 Å². The molecule has 0 spiro atoms. The summed E-state index contributed by atoms with van der Waals surface area (Å²) in [7, 11) is 0. The summed E-state index contributed by atoms with van der Waals surface area (Å²) < 4.78 is 13.1. The van der Waals surface area contributed by atoms with Gasteiger partial charge in [0.25, 0.3) is 0 Å². The third kappa shape index (κ3) is 25.1. The molecule has 0 aliphatic rings. The van der Waals surface area contributed by atoms with Crippen molar-refractivity contribution in [2.45, 2.75) is 68.7 Å². The van der Waals surface area contributed by atoms with Crippen molar-refractivity contribution in [3.63, 3.8) is 0 Å². The highest BCUT2D eigenvalue weighted by atomic mass is 16.6. The largest absolute Gasteiger partial charge is 0.457 e. The zero-order valence-electron chi connectivity index (χ0n) is 19.7. The van der Waals surface area contributed by atoms with Gasteiger partial charge in [-0.3, -0.25) is 33.6 Å². The quantitative estimate of drug-likeness (QED) is 0.324. The molecule has 0 atom stereocenters. The second-order valence-corrected chi connectivity index (χ2v) is 7.36. The van der Waals surface area contributed by atoms with Crippen molar-refractivity contribution in [1.82, 2.24) is 0 Å². The molecule has 0 N–H and O–H groups in total. The van der Waals surface area contributed by atoms with Gasteiger partial charge in [0.2, 0.25) is 0 Å².